The molecule has 1 aromatic heterocycles. The third-order valence-corrected chi connectivity index (χ3v) is 6.76. The molecule has 2 aromatic rings. The molecule has 4 heterocycles. The van der Waals surface area contributed by atoms with Crippen LogP contribution in [-0.2, 0) is 16.0 Å². The molecule has 1 unspecified atom stereocenters. The van der Waals surface area contributed by atoms with Gasteiger partial charge in [-0.2, -0.15) is 5.26 Å². The van der Waals surface area contributed by atoms with E-state index in [9.17, 15) is 4.79 Å². The monoisotopic (exact) mass is 417 g/mol. The number of carbonyl (C=O) groups excluding carboxylic acids is 1. The van der Waals surface area contributed by atoms with Crippen LogP contribution in [0.5, 0.6) is 0 Å². The van der Waals surface area contributed by atoms with Crippen molar-refractivity contribution in [3.63, 3.8) is 0 Å². The van der Waals surface area contributed by atoms with Crippen molar-refractivity contribution in [1.82, 2.24) is 14.8 Å². The second-order valence-corrected chi connectivity index (χ2v) is 8.77. The highest BCUT2D eigenvalue weighted by Crippen LogP contribution is 2.38. The van der Waals surface area contributed by atoms with Gasteiger partial charge in [-0.15, -0.1) is 0 Å². The molecule has 0 aliphatic carbocycles. The number of ether oxygens (including phenoxy) is 1. The first-order valence-electron chi connectivity index (χ1n) is 11.0. The number of fused-ring (bicyclic) bond motifs is 1. The molecular formula is C24H27N5O2. The fraction of sp³-hybridized carbons (Fsp3) is 0.458. The van der Waals surface area contributed by atoms with Crippen molar-refractivity contribution in [2.24, 2.45) is 0 Å². The quantitative estimate of drug-likeness (QED) is 0.758. The Morgan fingerprint density at radius 1 is 1.19 bits per heavy atom. The number of nitriles is 1. The molecule has 7 nitrogen and oxygen atoms in total. The zero-order valence-corrected chi connectivity index (χ0v) is 17.6. The number of piperidine rings is 1. The Balaban J connectivity index is 1.18. The molecule has 3 fully saturated rings. The van der Waals surface area contributed by atoms with Gasteiger partial charge in [0.2, 0.25) is 5.91 Å². The van der Waals surface area contributed by atoms with Gasteiger partial charge in [0.1, 0.15) is 6.23 Å². The van der Waals surface area contributed by atoms with Gasteiger partial charge in [-0.3, -0.25) is 14.7 Å². The molecule has 3 aliphatic rings. The van der Waals surface area contributed by atoms with Gasteiger partial charge < -0.3 is 14.5 Å². The third-order valence-electron chi connectivity index (χ3n) is 6.76. The molecule has 5 rings (SSSR count). The summed E-state index contributed by atoms with van der Waals surface area (Å²) in [6, 6.07) is 14.0. The number of amides is 1. The Kier molecular flexibility index (Phi) is 5.34. The summed E-state index contributed by atoms with van der Waals surface area (Å²) < 4.78 is 6.55. The van der Waals surface area contributed by atoms with Crippen LogP contribution in [0.15, 0.2) is 48.8 Å². The molecule has 160 valence electrons. The Hall–Kier alpha value is -2.95. The summed E-state index contributed by atoms with van der Waals surface area (Å²) in [4.78, 5) is 23.5. The topological polar surface area (TPSA) is 72.7 Å². The number of carbonyl (C=O) groups is 1. The summed E-state index contributed by atoms with van der Waals surface area (Å²) in [5, 5.41) is 9.09. The van der Waals surface area contributed by atoms with E-state index in [0.717, 1.165) is 51.0 Å². The molecule has 3 saturated heterocycles. The van der Waals surface area contributed by atoms with Gasteiger partial charge >= 0.3 is 0 Å². The Labute approximate surface area is 182 Å². The van der Waals surface area contributed by atoms with Crippen LogP contribution < -0.4 is 4.90 Å². The molecule has 31 heavy (non-hydrogen) atoms. The van der Waals surface area contributed by atoms with E-state index in [-0.39, 0.29) is 17.7 Å². The van der Waals surface area contributed by atoms with Gasteiger partial charge in [0.15, 0.2) is 0 Å². The summed E-state index contributed by atoms with van der Waals surface area (Å²) in [5.41, 5.74) is 2.78. The van der Waals surface area contributed by atoms with E-state index in [4.69, 9.17) is 10.00 Å². The zero-order valence-electron chi connectivity index (χ0n) is 17.6. The standard InChI is InChI=1S/C24H27N5O2/c25-15-20-3-1-2-19(14-20)6-11-27-16-22(30)29-18-24(31-23(29)17-27)7-12-28(13-8-24)21-4-9-26-10-5-21/h1-5,9-10,14,23H,6-8,11-13,16-18H2. The number of hydrogen-bond donors (Lipinski definition) is 0. The van der Waals surface area contributed by atoms with Gasteiger partial charge in [-0.1, -0.05) is 12.1 Å². The first-order chi connectivity index (χ1) is 15.1. The minimum Gasteiger partial charge on any atom is -0.371 e. The number of aromatic nitrogens is 1. The zero-order chi connectivity index (χ0) is 21.3. The minimum atomic E-state index is -0.221. The van der Waals surface area contributed by atoms with Gasteiger partial charge in [0.05, 0.1) is 30.3 Å². The lowest BCUT2D eigenvalue weighted by Crippen LogP contribution is -2.54. The minimum absolute atomic E-state index is 0.154. The van der Waals surface area contributed by atoms with Crippen LogP contribution >= 0.6 is 0 Å². The first-order valence-corrected chi connectivity index (χ1v) is 11.0. The highest BCUT2D eigenvalue weighted by Gasteiger charge is 2.50. The SMILES string of the molecule is N#Cc1cccc(CCN2CC(=O)N3CC4(CCN(c5ccncc5)CC4)OC3C2)c1. The third kappa shape index (κ3) is 4.14. The number of benzene rings is 1. The number of anilines is 1. The lowest BCUT2D eigenvalue weighted by molar-refractivity contribution is -0.148. The van der Waals surface area contributed by atoms with E-state index in [0.29, 0.717) is 18.7 Å². The molecule has 1 amide bonds. The van der Waals surface area contributed by atoms with Crippen LogP contribution in [0, 0.1) is 11.3 Å². The summed E-state index contributed by atoms with van der Waals surface area (Å²) >= 11 is 0. The largest absolute Gasteiger partial charge is 0.371 e. The Bertz CT molecular complexity index is 981. The van der Waals surface area contributed by atoms with Crippen LogP contribution in [0.1, 0.15) is 24.0 Å². The van der Waals surface area contributed by atoms with E-state index < -0.39 is 0 Å². The first kappa shape index (κ1) is 20.0. The van der Waals surface area contributed by atoms with Crippen molar-refractivity contribution in [2.45, 2.75) is 31.1 Å². The molecule has 1 atom stereocenters. The lowest BCUT2D eigenvalue weighted by atomic mass is 9.91. The molecule has 1 aromatic carbocycles. The highest BCUT2D eigenvalue weighted by atomic mass is 16.5. The van der Waals surface area contributed by atoms with Gasteiger partial charge in [0.25, 0.3) is 0 Å². The van der Waals surface area contributed by atoms with Crippen LogP contribution in [0.3, 0.4) is 0 Å². The van der Waals surface area contributed by atoms with Gasteiger partial charge in [0, 0.05) is 44.3 Å². The number of nitrogens with zero attached hydrogens (tertiary/aromatic N) is 5. The van der Waals surface area contributed by atoms with E-state index >= 15 is 0 Å². The van der Waals surface area contributed by atoms with E-state index in [1.165, 1.54) is 5.69 Å². The molecule has 3 aliphatic heterocycles. The van der Waals surface area contributed by atoms with Crippen LogP contribution in [0.2, 0.25) is 0 Å². The molecule has 1 spiro atoms. The lowest BCUT2D eigenvalue weighted by Gasteiger charge is -2.39. The molecule has 0 bridgehead atoms. The molecule has 0 N–H and O–H groups in total. The second kappa shape index (κ2) is 8.29. The van der Waals surface area contributed by atoms with Crippen molar-refractivity contribution in [3.05, 3.63) is 59.9 Å². The maximum atomic E-state index is 12.9. The summed E-state index contributed by atoms with van der Waals surface area (Å²) in [7, 11) is 0. The van der Waals surface area contributed by atoms with Gasteiger partial charge in [-0.25, -0.2) is 0 Å². The summed E-state index contributed by atoms with van der Waals surface area (Å²) in [5.74, 6) is 0.162. The Morgan fingerprint density at radius 2 is 2.00 bits per heavy atom. The number of hydrogen-bond acceptors (Lipinski definition) is 6. The van der Waals surface area contributed by atoms with Crippen LogP contribution in [0.25, 0.3) is 0 Å². The van der Waals surface area contributed by atoms with E-state index in [2.05, 4.69) is 20.9 Å². The molecule has 7 heteroatoms. The predicted octanol–water partition coefficient (Wildman–Crippen LogP) is 2.04. The number of rotatable bonds is 4. The highest BCUT2D eigenvalue weighted by molar-refractivity contribution is 5.79. The van der Waals surface area contributed by atoms with Crippen LogP contribution in [0.4, 0.5) is 5.69 Å². The maximum Gasteiger partial charge on any atom is 0.238 e. The van der Waals surface area contributed by atoms with Crippen molar-refractivity contribution in [3.8, 4) is 6.07 Å². The molecular weight excluding hydrogens is 390 g/mol. The van der Waals surface area contributed by atoms with Crippen molar-refractivity contribution >= 4 is 11.6 Å². The maximum absolute atomic E-state index is 12.9. The summed E-state index contributed by atoms with van der Waals surface area (Å²) in [6.45, 7) is 4.54. The van der Waals surface area contributed by atoms with E-state index in [1.807, 2.05) is 53.7 Å². The molecule has 0 radical (unpaired) electrons. The van der Waals surface area contributed by atoms with Crippen molar-refractivity contribution in [1.29, 1.82) is 5.26 Å². The number of pyridine rings is 1. The normalized spacial score (nSPS) is 23.1. The van der Waals surface area contributed by atoms with Crippen molar-refractivity contribution in [2.75, 3.05) is 44.2 Å². The second-order valence-electron chi connectivity index (χ2n) is 8.77. The predicted molar refractivity (Wildman–Crippen MR) is 116 cm³/mol. The number of piperazine rings is 1. The fourth-order valence-corrected chi connectivity index (χ4v) is 5.01. The van der Waals surface area contributed by atoms with Gasteiger partial charge in [-0.05, 0) is 49.1 Å². The average molecular weight is 418 g/mol. The fourth-order valence-electron chi connectivity index (χ4n) is 5.01. The van der Waals surface area contributed by atoms with E-state index in [1.54, 1.807) is 0 Å². The van der Waals surface area contributed by atoms with Crippen molar-refractivity contribution < 1.29 is 9.53 Å². The Morgan fingerprint density at radius 3 is 2.77 bits per heavy atom. The average Bonchev–Trinajstić information content (AvgIpc) is 3.17. The smallest absolute Gasteiger partial charge is 0.238 e. The van der Waals surface area contributed by atoms with Crippen LogP contribution in [-0.4, -0.2) is 71.8 Å². The summed E-state index contributed by atoms with van der Waals surface area (Å²) in [6.07, 6.45) is 6.18. The molecule has 0 saturated carbocycles.